The number of H-pyrrole nitrogens is 1. The van der Waals surface area contributed by atoms with Crippen molar-refractivity contribution >= 4 is 17.8 Å². The Hall–Kier alpha value is -3.03. The van der Waals surface area contributed by atoms with Crippen molar-refractivity contribution in [3.05, 3.63) is 41.1 Å². The lowest BCUT2D eigenvalue weighted by Gasteiger charge is -2.30. The number of ether oxygens (including phenoxy) is 2. The third-order valence-electron chi connectivity index (χ3n) is 4.68. The quantitative estimate of drug-likeness (QED) is 0.701. The molecule has 0 atom stereocenters. The van der Waals surface area contributed by atoms with Gasteiger partial charge in [0.15, 0.2) is 5.82 Å². The molecule has 0 fully saturated rings. The maximum atomic E-state index is 12.4. The van der Waals surface area contributed by atoms with E-state index in [2.05, 4.69) is 15.5 Å². The molecule has 0 saturated carbocycles. The molecule has 1 aliphatic rings. The molecule has 0 bridgehead atoms. The number of aromatic amines is 1. The number of hydrogen-bond acceptors (Lipinski definition) is 5. The van der Waals surface area contributed by atoms with Crippen LogP contribution in [0.1, 0.15) is 50.4 Å². The Kier molecular flexibility index (Phi) is 6.64. The van der Waals surface area contributed by atoms with Gasteiger partial charge in [0.25, 0.3) is 0 Å². The molecule has 2 amide bonds. The minimum absolute atomic E-state index is 0.133. The Morgan fingerprint density at radius 3 is 2.67 bits per heavy atom. The highest BCUT2D eigenvalue weighted by atomic mass is 16.6. The van der Waals surface area contributed by atoms with Crippen LogP contribution in [0.3, 0.4) is 0 Å². The van der Waals surface area contributed by atoms with Gasteiger partial charge in [0.1, 0.15) is 11.4 Å². The number of aromatic nitrogens is 2. The van der Waals surface area contributed by atoms with Gasteiger partial charge in [0.05, 0.1) is 13.2 Å². The van der Waals surface area contributed by atoms with E-state index < -0.39 is 5.60 Å². The number of nitrogens with one attached hydrogen (secondary N) is 2. The van der Waals surface area contributed by atoms with Crippen LogP contribution in [0.15, 0.2) is 24.3 Å². The van der Waals surface area contributed by atoms with Gasteiger partial charge in [-0.05, 0) is 46.2 Å². The van der Waals surface area contributed by atoms with Gasteiger partial charge in [0, 0.05) is 30.6 Å². The van der Waals surface area contributed by atoms with Gasteiger partial charge in [-0.15, -0.1) is 0 Å². The molecule has 3 rings (SSSR count). The number of aryl methyl sites for hydroxylation is 1. The van der Waals surface area contributed by atoms with E-state index in [1.807, 2.05) is 52.0 Å². The van der Waals surface area contributed by atoms with Crippen LogP contribution in [0, 0.1) is 6.92 Å². The summed E-state index contributed by atoms with van der Waals surface area (Å²) in [5, 5.41) is 10.0. The molecule has 0 radical (unpaired) electrons. The van der Waals surface area contributed by atoms with Gasteiger partial charge in [-0.25, -0.2) is 4.79 Å². The van der Waals surface area contributed by atoms with Crippen molar-refractivity contribution in [2.75, 3.05) is 18.5 Å². The molecule has 0 spiro atoms. The summed E-state index contributed by atoms with van der Waals surface area (Å²) in [6.07, 6.45) is 1.20. The van der Waals surface area contributed by atoms with Crippen LogP contribution in [0.5, 0.6) is 5.75 Å². The molecule has 30 heavy (non-hydrogen) atoms. The van der Waals surface area contributed by atoms with E-state index in [1.165, 1.54) is 5.56 Å². The molecule has 8 heteroatoms. The number of nitrogens with zero attached hydrogens (tertiary/aromatic N) is 2. The fourth-order valence-corrected chi connectivity index (χ4v) is 3.13. The van der Waals surface area contributed by atoms with Crippen LogP contribution < -0.4 is 10.1 Å². The average molecular weight is 415 g/mol. The van der Waals surface area contributed by atoms with E-state index in [0.29, 0.717) is 44.8 Å². The third kappa shape index (κ3) is 5.98. The molecule has 162 valence electrons. The van der Waals surface area contributed by atoms with Crippen LogP contribution in [-0.4, -0.2) is 45.9 Å². The Morgan fingerprint density at radius 2 is 1.97 bits per heavy atom. The Balaban J connectivity index is 1.48. The molecule has 2 heterocycles. The van der Waals surface area contributed by atoms with Crippen molar-refractivity contribution in [1.29, 1.82) is 0 Å². The number of rotatable bonds is 6. The minimum Gasteiger partial charge on any atom is -0.494 e. The van der Waals surface area contributed by atoms with Crippen LogP contribution >= 0.6 is 0 Å². The van der Waals surface area contributed by atoms with E-state index in [0.717, 1.165) is 17.0 Å². The molecule has 1 aromatic heterocycles. The number of fused-ring (bicyclic) bond motifs is 1. The maximum absolute atomic E-state index is 12.4. The average Bonchev–Trinajstić information content (AvgIpc) is 3.07. The van der Waals surface area contributed by atoms with Crippen LogP contribution in [-0.2, 0) is 22.5 Å². The number of benzene rings is 1. The van der Waals surface area contributed by atoms with Gasteiger partial charge >= 0.3 is 6.09 Å². The van der Waals surface area contributed by atoms with Gasteiger partial charge in [-0.3, -0.25) is 9.89 Å². The monoisotopic (exact) mass is 414 g/mol. The summed E-state index contributed by atoms with van der Waals surface area (Å²) >= 11 is 0. The lowest BCUT2D eigenvalue weighted by atomic mass is 10.1. The standard InChI is InChI=1S/C22H30N4O4/c1-15-7-9-16(10-8-15)29-13-5-6-19(27)23-20-17-14-26(12-11-18(17)24-25-20)21(28)30-22(2,3)4/h7-10H,5-6,11-14H2,1-4H3,(H2,23,24,25,27). The first-order valence-corrected chi connectivity index (χ1v) is 10.2. The van der Waals surface area contributed by atoms with Gasteiger partial charge < -0.3 is 19.7 Å². The first kappa shape index (κ1) is 21.7. The second kappa shape index (κ2) is 9.19. The van der Waals surface area contributed by atoms with Crippen LogP contribution in [0.4, 0.5) is 10.6 Å². The molecule has 1 aromatic carbocycles. The van der Waals surface area contributed by atoms with E-state index >= 15 is 0 Å². The molecule has 8 nitrogen and oxygen atoms in total. The number of carbonyl (C=O) groups is 2. The zero-order chi connectivity index (χ0) is 21.7. The van der Waals surface area contributed by atoms with Gasteiger partial charge in [-0.1, -0.05) is 17.7 Å². The second-order valence-corrected chi connectivity index (χ2v) is 8.49. The van der Waals surface area contributed by atoms with Gasteiger partial charge in [-0.2, -0.15) is 5.10 Å². The molecule has 0 saturated heterocycles. The van der Waals surface area contributed by atoms with Crippen LogP contribution in [0.25, 0.3) is 0 Å². The summed E-state index contributed by atoms with van der Waals surface area (Å²) in [7, 11) is 0. The normalized spacial score (nSPS) is 13.5. The smallest absolute Gasteiger partial charge is 0.410 e. The maximum Gasteiger partial charge on any atom is 0.410 e. The molecule has 0 aliphatic carbocycles. The van der Waals surface area contributed by atoms with E-state index in [-0.39, 0.29) is 12.0 Å². The minimum atomic E-state index is -0.550. The summed E-state index contributed by atoms with van der Waals surface area (Å²) in [6.45, 7) is 8.90. The molecule has 0 unspecified atom stereocenters. The zero-order valence-electron chi connectivity index (χ0n) is 18.1. The van der Waals surface area contributed by atoms with Crippen molar-refractivity contribution in [1.82, 2.24) is 15.1 Å². The first-order chi connectivity index (χ1) is 14.2. The van der Waals surface area contributed by atoms with E-state index in [1.54, 1.807) is 4.90 Å². The Morgan fingerprint density at radius 1 is 1.23 bits per heavy atom. The third-order valence-corrected chi connectivity index (χ3v) is 4.68. The zero-order valence-corrected chi connectivity index (χ0v) is 18.1. The molecule has 2 N–H and O–H groups in total. The van der Waals surface area contributed by atoms with Crippen molar-refractivity contribution in [2.24, 2.45) is 0 Å². The van der Waals surface area contributed by atoms with E-state index in [4.69, 9.17) is 9.47 Å². The van der Waals surface area contributed by atoms with Crippen molar-refractivity contribution in [3.8, 4) is 5.75 Å². The highest BCUT2D eigenvalue weighted by Gasteiger charge is 2.29. The fourth-order valence-electron chi connectivity index (χ4n) is 3.13. The number of amides is 2. The molecule has 1 aliphatic heterocycles. The SMILES string of the molecule is Cc1ccc(OCCCC(=O)Nc2n[nH]c3c2CN(C(=O)OC(C)(C)C)CC3)cc1. The predicted molar refractivity (Wildman–Crippen MR) is 113 cm³/mol. The molecular weight excluding hydrogens is 384 g/mol. The summed E-state index contributed by atoms with van der Waals surface area (Å²) in [5.74, 6) is 1.14. The summed E-state index contributed by atoms with van der Waals surface area (Å²) in [4.78, 5) is 26.3. The number of carbonyl (C=O) groups excluding carboxylic acids is 2. The lowest BCUT2D eigenvalue weighted by molar-refractivity contribution is -0.116. The van der Waals surface area contributed by atoms with E-state index in [9.17, 15) is 9.59 Å². The van der Waals surface area contributed by atoms with Crippen molar-refractivity contribution in [2.45, 2.75) is 59.1 Å². The Bertz CT molecular complexity index is 884. The highest BCUT2D eigenvalue weighted by Crippen LogP contribution is 2.25. The predicted octanol–water partition coefficient (Wildman–Crippen LogP) is 3.81. The number of hydrogen-bond donors (Lipinski definition) is 2. The summed E-state index contributed by atoms with van der Waals surface area (Å²) < 4.78 is 11.1. The fraction of sp³-hybridized carbons (Fsp3) is 0.500. The van der Waals surface area contributed by atoms with Crippen LogP contribution in [0.2, 0.25) is 0 Å². The molecular formula is C22H30N4O4. The summed E-state index contributed by atoms with van der Waals surface area (Å²) in [5.41, 5.74) is 2.39. The number of anilines is 1. The lowest BCUT2D eigenvalue weighted by Crippen LogP contribution is -2.40. The largest absolute Gasteiger partial charge is 0.494 e. The summed E-state index contributed by atoms with van der Waals surface area (Å²) in [6, 6.07) is 7.82. The first-order valence-electron chi connectivity index (χ1n) is 10.2. The van der Waals surface area contributed by atoms with Gasteiger partial charge in [0.2, 0.25) is 5.91 Å². The van der Waals surface area contributed by atoms with Crippen molar-refractivity contribution < 1.29 is 19.1 Å². The second-order valence-electron chi connectivity index (χ2n) is 8.49. The van der Waals surface area contributed by atoms with Crippen molar-refractivity contribution in [3.63, 3.8) is 0 Å². The molecule has 2 aromatic rings. The Labute approximate surface area is 176 Å². The highest BCUT2D eigenvalue weighted by molar-refractivity contribution is 5.90. The topological polar surface area (TPSA) is 96.5 Å².